The van der Waals surface area contributed by atoms with Gasteiger partial charge in [-0.2, -0.15) is 5.10 Å². The van der Waals surface area contributed by atoms with Crippen LogP contribution in [0.5, 0.6) is 0 Å². The Morgan fingerprint density at radius 2 is 2.00 bits per heavy atom. The molecule has 0 radical (unpaired) electrons. The summed E-state index contributed by atoms with van der Waals surface area (Å²) in [7, 11) is 0. The van der Waals surface area contributed by atoms with Gasteiger partial charge >= 0.3 is 0 Å². The van der Waals surface area contributed by atoms with E-state index in [9.17, 15) is 0 Å². The average molecular weight is 314 g/mol. The molecule has 0 aliphatic rings. The van der Waals surface area contributed by atoms with E-state index in [0.29, 0.717) is 19.4 Å². The maximum atomic E-state index is 8.97. The zero-order valence-corrected chi connectivity index (χ0v) is 13.3. The van der Waals surface area contributed by atoms with Crippen LogP contribution in [0.15, 0.2) is 35.7 Å². The molecule has 6 heteroatoms. The molecule has 0 spiro atoms. The van der Waals surface area contributed by atoms with Crippen LogP contribution in [0, 0.1) is 6.92 Å². The van der Waals surface area contributed by atoms with Crippen molar-refractivity contribution in [3.05, 3.63) is 53.1 Å². The van der Waals surface area contributed by atoms with Gasteiger partial charge in [0, 0.05) is 24.1 Å². The molecule has 0 bridgehead atoms. The standard InChI is InChI=1S/C16H18N4OS/c1-12-17-15(20(19-12)8-5-9-21)10-14-11-22-16(18-14)13-6-3-2-4-7-13/h2-4,6-7,11,21H,5,8-10H2,1H3. The van der Waals surface area contributed by atoms with Crippen LogP contribution in [0.4, 0.5) is 0 Å². The van der Waals surface area contributed by atoms with Crippen molar-refractivity contribution in [2.45, 2.75) is 26.3 Å². The van der Waals surface area contributed by atoms with Crippen molar-refractivity contribution in [2.24, 2.45) is 0 Å². The molecule has 0 atom stereocenters. The lowest BCUT2D eigenvalue weighted by atomic mass is 10.2. The van der Waals surface area contributed by atoms with E-state index in [4.69, 9.17) is 10.1 Å². The molecule has 0 saturated carbocycles. The summed E-state index contributed by atoms with van der Waals surface area (Å²) in [6, 6.07) is 10.2. The Morgan fingerprint density at radius 1 is 1.18 bits per heavy atom. The highest BCUT2D eigenvalue weighted by Crippen LogP contribution is 2.24. The molecule has 0 unspecified atom stereocenters. The van der Waals surface area contributed by atoms with Gasteiger partial charge in [0.25, 0.3) is 0 Å². The SMILES string of the molecule is Cc1nc(Cc2csc(-c3ccccc3)n2)n(CCCO)n1. The second-order valence-corrected chi connectivity index (χ2v) is 5.92. The Balaban J connectivity index is 1.78. The van der Waals surface area contributed by atoms with Crippen LogP contribution < -0.4 is 0 Å². The Hall–Kier alpha value is -2.05. The molecular weight excluding hydrogens is 296 g/mol. The van der Waals surface area contributed by atoms with E-state index >= 15 is 0 Å². The third kappa shape index (κ3) is 3.40. The largest absolute Gasteiger partial charge is 0.396 e. The number of thiazole rings is 1. The Bertz CT molecular complexity index is 736. The number of aliphatic hydroxyl groups excluding tert-OH is 1. The highest BCUT2D eigenvalue weighted by atomic mass is 32.1. The molecule has 0 aliphatic heterocycles. The molecule has 0 amide bonds. The number of rotatable bonds is 6. The highest BCUT2D eigenvalue weighted by molar-refractivity contribution is 7.13. The van der Waals surface area contributed by atoms with Gasteiger partial charge in [-0.1, -0.05) is 30.3 Å². The lowest BCUT2D eigenvalue weighted by molar-refractivity contribution is 0.276. The Labute approximate surface area is 133 Å². The lowest BCUT2D eigenvalue weighted by Gasteiger charge is -2.03. The van der Waals surface area contributed by atoms with Crippen LogP contribution in [0.25, 0.3) is 10.6 Å². The number of aryl methyl sites for hydroxylation is 2. The molecule has 22 heavy (non-hydrogen) atoms. The molecule has 0 saturated heterocycles. The van der Waals surface area contributed by atoms with E-state index in [2.05, 4.69) is 27.6 Å². The fraction of sp³-hybridized carbons (Fsp3) is 0.312. The first kappa shape index (κ1) is 14.9. The maximum absolute atomic E-state index is 8.97. The third-order valence-electron chi connectivity index (χ3n) is 3.29. The minimum Gasteiger partial charge on any atom is -0.396 e. The van der Waals surface area contributed by atoms with Crippen LogP contribution in [0.1, 0.15) is 23.8 Å². The minimum absolute atomic E-state index is 0.160. The summed E-state index contributed by atoms with van der Waals surface area (Å²) in [4.78, 5) is 9.17. The van der Waals surface area contributed by atoms with Crippen molar-refractivity contribution in [1.82, 2.24) is 19.7 Å². The summed E-state index contributed by atoms with van der Waals surface area (Å²) >= 11 is 1.64. The van der Waals surface area contributed by atoms with E-state index in [1.54, 1.807) is 11.3 Å². The van der Waals surface area contributed by atoms with E-state index in [0.717, 1.165) is 27.9 Å². The van der Waals surface area contributed by atoms with Crippen molar-refractivity contribution in [2.75, 3.05) is 6.61 Å². The molecule has 1 aromatic carbocycles. The first-order valence-corrected chi connectivity index (χ1v) is 8.15. The molecule has 2 aromatic heterocycles. The molecule has 5 nitrogen and oxygen atoms in total. The molecule has 3 rings (SSSR count). The van der Waals surface area contributed by atoms with Crippen LogP contribution >= 0.6 is 11.3 Å². The van der Waals surface area contributed by atoms with Gasteiger partial charge in [0.1, 0.15) is 16.7 Å². The molecule has 114 valence electrons. The summed E-state index contributed by atoms with van der Waals surface area (Å²) in [5.74, 6) is 1.65. The lowest BCUT2D eigenvalue weighted by Crippen LogP contribution is -2.08. The van der Waals surface area contributed by atoms with Gasteiger partial charge in [-0.15, -0.1) is 11.3 Å². The smallest absolute Gasteiger partial charge is 0.147 e. The summed E-state index contributed by atoms with van der Waals surface area (Å²) < 4.78 is 1.87. The Kier molecular flexibility index (Phi) is 4.60. The summed E-state index contributed by atoms with van der Waals surface area (Å²) in [6.07, 6.45) is 1.34. The van der Waals surface area contributed by atoms with Gasteiger partial charge in [0.2, 0.25) is 0 Å². The number of aliphatic hydroxyl groups is 1. The predicted octanol–water partition coefficient (Wildman–Crippen LogP) is 2.68. The normalized spacial score (nSPS) is 11.0. The summed E-state index contributed by atoms with van der Waals surface area (Å²) in [5.41, 5.74) is 2.14. The fourth-order valence-corrected chi connectivity index (χ4v) is 3.12. The number of aromatic nitrogens is 4. The van der Waals surface area contributed by atoms with E-state index < -0.39 is 0 Å². The molecule has 3 aromatic rings. The van der Waals surface area contributed by atoms with Gasteiger partial charge in [-0.25, -0.2) is 14.6 Å². The van der Waals surface area contributed by atoms with Gasteiger partial charge in [0.05, 0.1) is 12.1 Å². The highest BCUT2D eigenvalue weighted by Gasteiger charge is 2.11. The van der Waals surface area contributed by atoms with Crippen LogP contribution in [-0.4, -0.2) is 31.5 Å². The van der Waals surface area contributed by atoms with Crippen molar-refractivity contribution in [3.8, 4) is 10.6 Å². The van der Waals surface area contributed by atoms with Gasteiger partial charge < -0.3 is 5.11 Å². The number of nitrogens with zero attached hydrogens (tertiary/aromatic N) is 4. The average Bonchev–Trinajstić information content (AvgIpc) is 3.13. The Morgan fingerprint density at radius 3 is 2.77 bits per heavy atom. The van der Waals surface area contributed by atoms with E-state index in [1.165, 1.54) is 0 Å². The molecule has 0 aliphatic carbocycles. The minimum atomic E-state index is 0.160. The number of hydrogen-bond acceptors (Lipinski definition) is 5. The fourth-order valence-electron chi connectivity index (χ4n) is 2.29. The first-order chi connectivity index (χ1) is 10.8. The molecule has 0 fully saturated rings. The topological polar surface area (TPSA) is 63.8 Å². The monoisotopic (exact) mass is 314 g/mol. The molecule has 2 heterocycles. The van der Waals surface area contributed by atoms with Gasteiger partial charge in [-0.05, 0) is 13.3 Å². The van der Waals surface area contributed by atoms with Gasteiger partial charge in [-0.3, -0.25) is 0 Å². The molecule has 1 N–H and O–H groups in total. The first-order valence-electron chi connectivity index (χ1n) is 7.27. The van der Waals surface area contributed by atoms with Crippen molar-refractivity contribution in [3.63, 3.8) is 0 Å². The third-order valence-corrected chi connectivity index (χ3v) is 4.23. The quantitative estimate of drug-likeness (QED) is 0.760. The van der Waals surface area contributed by atoms with Crippen LogP contribution in [-0.2, 0) is 13.0 Å². The van der Waals surface area contributed by atoms with Crippen molar-refractivity contribution in [1.29, 1.82) is 0 Å². The predicted molar refractivity (Wildman–Crippen MR) is 86.8 cm³/mol. The zero-order chi connectivity index (χ0) is 15.4. The summed E-state index contributed by atoms with van der Waals surface area (Å²) in [5, 5.41) is 16.4. The molecular formula is C16H18N4OS. The van der Waals surface area contributed by atoms with E-state index in [-0.39, 0.29) is 6.61 Å². The van der Waals surface area contributed by atoms with Crippen molar-refractivity contribution < 1.29 is 5.11 Å². The van der Waals surface area contributed by atoms with Crippen LogP contribution in [0.3, 0.4) is 0 Å². The van der Waals surface area contributed by atoms with Crippen LogP contribution in [0.2, 0.25) is 0 Å². The van der Waals surface area contributed by atoms with Crippen molar-refractivity contribution >= 4 is 11.3 Å². The summed E-state index contributed by atoms with van der Waals surface area (Å²) in [6.45, 7) is 2.73. The number of benzene rings is 1. The van der Waals surface area contributed by atoms with E-state index in [1.807, 2.05) is 29.8 Å². The second-order valence-electron chi connectivity index (χ2n) is 5.06. The zero-order valence-electron chi connectivity index (χ0n) is 12.4. The van der Waals surface area contributed by atoms with Gasteiger partial charge in [0.15, 0.2) is 0 Å². The second kappa shape index (κ2) is 6.81. The number of hydrogen-bond donors (Lipinski definition) is 1. The maximum Gasteiger partial charge on any atom is 0.147 e.